The van der Waals surface area contributed by atoms with Crippen LogP contribution < -0.4 is 20.6 Å². The van der Waals surface area contributed by atoms with Gasteiger partial charge in [-0.05, 0) is 135 Å². The highest BCUT2D eigenvalue weighted by molar-refractivity contribution is 6.93. The van der Waals surface area contributed by atoms with Gasteiger partial charge in [-0.25, -0.2) is 0 Å². The van der Waals surface area contributed by atoms with Gasteiger partial charge in [0.2, 0.25) is 0 Å². The van der Waals surface area contributed by atoms with Crippen LogP contribution in [0.4, 0.5) is 22.7 Å². The lowest BCUT2D eigenvalue weighted by atomic mass is 9.42. The summed E-state index contributed by atoms with van der Waals surface area (Å²) in [6.07, 6.45) is 4.99. The first-order chi connectivity index (χ1) is 26.7. The third kappa shape index (κ3) is 4.19. The van der Waals surface area contributed by atoms with E-state index in [4.69, 9.17) is 0 Å². The monoisotopic (exact) mass is 728 g/mol. The molecule has 2 unspecified atom stereocenters. The molecule has 0 bridgehead atoms. The predicted molar refractivity (Wildman–Crippen MR) is 239 cm³/mol. The zero-order valence-corrected chi connectivity index (χ0v) is 34.7. The summed E-state index contributed by atoms with van der Waals surface area (Å²) in [5.41, 5.74) is 25.1. The SMILES string of the molecule is Cc1cc2c3c(c1)N1c4c(cc(C(C)(C)C)cc4C4(C)CCCCC14C)B3N(c1ccc(-c3ccccc3)cc1C)c1ccc3c(c1-2)C(C)(C)c1ccccc1-3. The van der Waals surface area contributed by atoms with Crippen LogP contribution in [0.15, 0.2) is 109 Å². The number of hydrogen-bond donors (Lipinski definition) is 0. The summed E-state index contributed by atoms with van der Waals surface area (Å²) in [4.78, 5) is 5.68. The minimum atomic E-state index is -0.153. The second-order valence-corrected chi connectivity index (χ2v) is 19.8. The number of rotatable bonds is 2. The highest BCUT2D eigenvalue weighted by Crippen LogP contribution is 2.64. The molecule has 1 fully saturated rings. The molecule has 11 rings (SSSR count). The smallest absolute Gasteiger partial charge is 0.333 e. The number of fused-ring (bicyclic) bond motifs is 11. The summed E-state index contributed by atoms with van der Waals surface area (Å²) in [5.74, 6) is 0. The van der Waals surface area contributed by atoms with Crippen LogP contribution in [-0.2, 0) is 16.2 Å². The van der Waals surface area contributed by atoms with Gasteiger partial charge in [-0.3, -0.25) is 0 Å². The molecule has 5 aliphatic rings. The molecule has 0 radical (unpaired) electrons. The van der Waals surface area contributed by atoms with Gasteiger partial charge in [-0.1, -0.05) is 139 Å². The lowest BCUT2D eigenvalue weighted by Gasteiger charge is -2.53. The standard InChI is InChI=1S/C53H53BN2/c1-32-27-39-46-44(24-22-38-37-19-13-14-20-40(37)51(6,7)47(38)46)56(43-23-21-35(29-33(43)2)34-17-11-10-12-18-34)54-42-31-36(50(3,4)5)30-41-49(42)55(45(28-32)48(39)54)53(9)26-16-15-25-52(41,53)8/h10-14,17-24,27-31H,15-16,25-26H2,1-9H3. The normalized spacial score (nSPS) is 21.9. The van der Waals surface area contributed by atoms with Crippen molar-refractivity contribution in [3.63, 3.8) is 0 Å². The Morgan fingerprint density at radius 1 is 0.625 bits per heavy atom. The number of anilines is 4. The van der Waals surface area contributed by atoms with Gasteiger partial charge in [0.1, 0.15) is 0 Å². The first-order valence-electron chi connectivity index (χ1n) is 21.1. The van der Waals surface area contributed by atoms with Crippen molar-refractivity contribution in [3.05, 3.63) is 143 Å². The molecule has 6 aromatic carbocycles. The summed E-state index contributed by atoms with van der Waals surface area (Å²) < 4.78 is 0. The number of hydrogen-bond acceptors (Lipinski definition) is 2. The molecule has 3 heteroatoms. The molecule has 56 heavy (non-hydrogen) atoms. The first-order valence-corrected chi connectivity index (χ1v) is 21.1. The van der Waals surface area contributed by atoms with Crippen LogP contribution in [0.5, 0.6) is 0 Å². The Morgan fingerprint density at radius 2 is 1.36 bits per heavy atom. The highest BCUT2D eigenvalue weighted by atomic mass is 15.3. The number of aryl methyl sites for hydroxylation is 2. The molecule has 2 atom stereocenters. The molecule has 2 aliphatic carbocycles. The van der Waals surface area contributed by atoms with Gasteiger partial charge >= 0.3 is 6.85 Å². The Hall–Kier alpha value is -5.02. The van der Waals surface area contributed by atoms with Crippen LogP contribution in [0.25, 0.3) is 33.4 Å². The topological polar surface area (TPSA) is 6.48 Å². The third-order valence-electron chi connectivity index (χ3n) is 15.3. The molecule has 1 saturated carbocycles. The van der Waals surface area contributed by atoms with Crippen LogP contribution in [0.2, 0.25) is 0 Å². The molecule has 0 aromatic heterocycles. The van der Waals surface area contributed by atoms with E-state index in [9.17, 15) is 0 Å². The van der Waals surface area contributed by atoms with Crippen LogP contribution in [-0.4, -0.2) is 12.4 Å². The molecular formula is C53H53BN2. The van der Waals surface area contributed by atoms with Gasteiger partial charge < -0.3 is 9.71 Å². The Bertz CT molecular complexity index is 2680. The number of nitrogens with zero attached hydrogens (tertiary/aromatic N) is 2. The minimum absolute atomic E-state index is 0.0119. The van der Waals surface area contributed by atoms with Crippen molar-refractivity contribution in [2.75, 3.05) is 9.71 Å². The summed E-state index contributed by atoms with van der Waals surface area (Å²) in [6, 6.07) is 42.5. The zero-order chi connectivity index (χ0) is 38.7. The Kier molecular flexibility index (Phi) is 6.78. The summed E-state index contributed by atoms with van der Waals surface area (Å²) in [6.45, 7) is 22.1. The van der Waals surface area contributed by atoms with Gasteiger partial charge in [-0.15, -0.1) is 0 Å². The molecule has 0 N–H and O–H groups in total. The van der Waals surface area contributed by atoms with Gasteiger partial charge in [-0.2, -0.15) is 0 Å². The third-order valence-corrected chi connectivity index (χ3v) is 15.3. The molecule has 6 aromatic rings. The Morgan fingerprint density at radius 3 is 2.12 bits per heavy atom. The van der Waals surface area contributed by atoms with E-state index in [0.29, 0.717) is 0 Å². The minimum Gasteiger partial charge on any atom is -0.376 e. The van der Waals surface area contributed by atoms with Crippen molar-refractivity contribution in [1.82, 2.24) is 0 Å². The van der Waals surface area contributed by atoms with Crippen molar-refractivity contribution in [2.24, 2.45) is 0 Å². The second-order valence-electron chi connectivity index (χ2n) is 19.8. The quantitative estimate of drug-likeness (QED) is 0.164. The van der Waals surface area contributed by atoms with Gasteiger partial charge in [0.15, 0.2) is 0 Å². The molecule has 0 saturated heterocycles. The average Bonchev–Trinajstić information content (AvgIpc) is 3.54. The maximum Gasteiger partial charge on any atom is 0.333 e. The molecule has 3 aliphatic heterocycles. The van der Waals surface area contributed by atoms with Crippen LogP contribution in [0.3, 0.4) is 0 Å². The zero-order valence-electron chi connectivity index (χ0n) is 34.7. The lowest BCUT2D eigenvalue weighted by Crippen LogP contribution is -2.65. The van der Waals surface area contributed by atoms with E-state index < -0.39 is 0 Å². The van der Waals surface area contributed by atoms with Gasteiger partial charge in [0, 0.05) is 39.1 Å². The molecule has 2 nitrogen and oxygen atoms in total. The van der Waals surface area contributed by atoms with Crippen molar-refractivity contribution < 1.29 is 0 Å². The molecule has 0 amide bonds. The van der Waals surface area contributed by atoms with Crippen LogP contribution >= 0.6 is 0 Å². The molecule has 0 spiro atoms. The van der Waals surface area contributed by atoms with Crippen molar-refractivity contribution in [2.45, 2.75) is 110 Å². The van der Waals surface area contributed by atoms with E-state index in [-0.39, 0.29) is 28.6 Å². The lowest BCUT2D eigenvalue weighted by molar-refractivity contribution is 0.195. The molecule has 3 heterocycles. The highest BCUT2D eigenvalue weighted by Gasteiger charge is 2.62. The largest absolute Gasteiger partial charge is 0.376 e. The van der Waals surface area contributed by atoms with E-state index in [1.165, 1.54) is 121 Å². The van der Waals surface area contributed by atoms with Crippen molar-refractivity contribution >= 4 is 40.5 Å². The Balaban J connectivity index is 1.28. The van der Waals surface area contributed by atoms with Gasteiger partial charge in [0.25, 0.3) is 0 Å². The number of benzene rings is 6. The van der Waals surface area contributed by atoms with Crippen molar-refractivity contribution in [1.29, 1.82) is 0 Å². The van der Waals surface area contributed by atoms with E-state index >= 15 is 0 Å². The molecular weight excluding hydrogens is 675 g/mol. The summed E-state index contributed by atoms with van der Waals surface area (Å²) in [7, 11) is 0. The second kappa shape index (κ2) is 11.1. The van der Waals surface area contributed by atoms with Crippen LogP contribution in [0, 0.1) is 13.8 Å². The summed E-state index contributed by atoms with van der Waals surface area (Å²) in [5, 5.41) is 0. The van der Waals surface area contributed by atoms with Crippen molar-refractivity contribution in [3.8, 4) is 33.4 Å². The fraction of sp³-hybridized carbons (Fsp3) is 0.321. The fourth-order valence-electron chi connectivity index (χ4n) is 12.2. The van der Waals surface area contributed by atoms with Gasteiger partial charge in [0.05, 0.1) is 5.54 Å². The predicted octanol–water partition coefficient (Wildman–Crippen LogP) is 12.6. The molecule has 278 valence electrons. The maximum atomic E-state index is 2.89. The first kappa shape index (κ1) is 34.3. The van der Waals surface area contributed by atoms with E-state index in [0.717, 1.165) is 0 Å². The fourth-order valence-corrected chi connectivity index (χ4v) is 12.2. The maximum absolute atomic E-state index is 2.89. The van der Waals surface area contributed by atoms with E-state index in [2.05, 4.69) is 181 Å². The van der Waals surface area contributed by atoms with Crippen LogP contribution in [0.1, 0.15) is 108 Å². The average molecular weight is 729 g/mol. The van der Waals surface area contributed by atoms with E-state index in [1.807, 2.05) is 0 Å². The van der Waals surface area contributed by atoms with E-state index in [1.54, 1.807) is 5.56 Å². The summed E-state index contributed by atoms with van der Waals surface area (Å²) >= 11 is 0. The Labute approximate surface area is 334 Å².